The monoisotopic (exact) mass is 262 g/mol. The number of hydrogen-bond acceptors (Lipinski definition) is 4. The van der Waals surface area contributed by atoms with Gasteiger partial charge in [-0.2, -0.15) is 11.8 Å². The molecule has 7 heteroatoms. The Bertz CT molecular complexity index is 287. The van der Waals surface area contributed by atoms with Gasteiger partial charge in [-0.1, -0.05) is 6.92 Å². The molecule has 0 spiro atoms. The summed E-state index contributed by atoms with van der Waals surface area (Å²) in [6.07, 6.45) is 0.0270. The van der Waals surface area contributed by atoms with E-state index in [2.05, 4.69) is 5.32 Å². The second-order valence-electron chi connectivity index (χ2n) is 3.98. The highest BCUT2D eigenvalue weighted by Gasteiger charge is 2.25. The maximum atomic E-state index is 11.8. The van der Waals surface area contributed by atoms with Gasteiger partial charge >= 0.3 is 12.0 Å². The minimum atomic E-state index is -1.12. The molecule has 0 bridgehead atoms. The van der Waals surface area contributed by atoms with Gasteiger partial charge in [0, 0.05) is 37.1 Å². The molecule has 0 aromatic rings. The van der Waals surface area contributed by atoms with Crippen molar-refractivity contribution in [1.82, 2.24) is 10.2 Å². The molecule has 1 aliphatic rings. The van der Waals surface area contributed by atoms with E-state index >= 15 is 0 Å². The van der Waals surface area contributed by atoms with Crippen molar-refractivity contribution in [2.45, 2.75) is 24.6 Å². The van der Waals surface area contributed by atoms with Crippen LogP contribution in [0.25, 0.3) is 0 Å². The Morgan fingerprint density at radius 1 is 1.59 bits per heavy atom. The standard InChI is InChI=1S/C10H18N2O4S/c1-7-6-12(3-5-17-7)10(16)11-8(2-4-13)9(14)15/h7-8,13H,2-6H2,1H3,(H,11,16)(H,14,15)/t7?,8-/m1/s1. The van der Waals surface area contributed by atoms with Gasteiger partial charge in [-0.25, -0.2) is 9.59 Å². The number of aliphatic hydroxyl groups is 1. The number of amides is 2. The number of nitrogens with one attached hydrogen (secondary N) is 1. The fourth-order valence-corrected chi connectivity index (χ4v) is 2.64. The first-order chi connectivity index (χ1) is 8.04. The lowest BCUT2D eigenvalue weighted by atomic mass is 10.2. The zero-order chi connectivity index (χ0) is 12.8. The van der Waals surface area contributed by atoms with Crippen LogP contribution in [0.15, 0.2) is 0 Å². The van der Waals surface area contributed by atoms with Gasteiger partial charge in [-0.05, 0) is 0 Å². The molecule has 0 aromatic carbocycles. The van der Waals surface area contributed by atoms with Crippen molar-refractivity contribution in [2.75, 3.05) is 25.4 Å². The van der Waals surface area contributed by atoms with Crippen molar-refractivity contribution in [1.29, 1.82) is 0 Å². The number of hydrogen-bond donors (Lipinski definition) is 3. The molecule has 17 heavy (non-hydrogen) atoms. The lowest BCUT2D eigenvalue weighted by Crippen LogP contribution is -2.51. The second-order valence-corrected chi connectivity index (χ2v) is 5.53. The number of carboxylic acid groups (broad SMARTS) is 1. The quantitative estimate of drug-likeness (QED) is 0.662. The lowest BCUT2D eigenvalue weighted by molar-refractivity contribution is -0.139. The molecule has 6 nitrogen and oxygen atoms in total. The topological polar surface area (TPSA) is 89.9 Å². The van der Waals surface area contributed by atoms with Crippen molar-refractivity contribution in [3.63, 3.8) is 0 Å². The third-order valence-electron chi connectivity index (χ3n) is 2.54. The Kier molecular flexibility index (Phi) is 5.57. The van der Waals surface area contributed by atoms with Crippen LogP contribution < -0.4 is 5.32 Å². The zero-order valence-electron chi connectivity index (χ0n) is 9.76. The van der Waals surface area contributed by atoms with Crippen LogP contribution in [-0.2, 0) is 4.79 Å². The van der Waals surface area contributed by atoms with Crippen molar-refractivity contribution in [3.8, 4) is 0 Å². The van der Waals surface area contributed by atoms with Gasteiger partial charge in [0.15, 0.2) is 0 Å². The number of carboxylic acids is 1. The molecule has 2 amide bonds. The Balaban J connectivity index is 2.48. The molecule has 1 fully saturated rings. The number of carbonyl (C=O) groups excluding carboxylic acids is 1. The van der Waals surface area contributed by atoms with E-state index in [-0.39, 0.29) is 19.1 Å². The number of urea groups is 1. The van der Waals surface area contributed by atoms with Gasteiger partial charge in [0.1, 0.15) is 6.04 Å². The van der Waals surface area contributed by atoms with Crippen LogP contribution in [0.5, 0.6) is 0 Å². The molecule has 0 radical (unpaired) electrons. The van der Waals surface area contributed by atoms with Crippen molar-refractivity contribution in [2.24, 2.45) is 0 Å². The molecule has 3 N–H and O–H groups in total. The van der Waals surface area contributed by atoms with E-state index in [9.17, 15) is 9.59 Å². The normalized spacial score (nSPS) is 22.0. The Labute approximate surface area is 104 Å². The summed E-state index contributed by atoms with van der Waals surface area (Å²) in [6, 6.07) is -1.38. The van der Waals surface area contributed by atoms with E-state index in [0.29, 0.717) is 18.3 Å². The number of aliphatic hydroxyl groups excluding tert-OH is 1. The number of thioether (sulfide) groups is 1. The van der Waals surface area contributed by atoms with E-state index in [0.717, 1.165) is 5.75 Å². The SMILES string of the molecule is CC1CN(C(=O)N[C@H](CCO)C(=O)O)CCS1. The summed E-state index contributed by atoms with van der Waals surface area (Å²) >= 11 is 1.80. The zero-order valence-corrected chi connectivity index (χ0v) is 10.6. The van der Waals surface area contributed by atoms with Gasteiger partial charge in [0.05, 0.1) is 0 Å². The first-order valence-electron chi connectivity index (χ1n) is 5.55. The predicted octanol–water partition coefficient (Wildman–Crippen LogP) is -0.0311. The molecule has 1 unspecified atom stereocenters. The number of rotatable bonds is 4. The maximum absolute atomic E-state index is 11.8. The summed E-state index contributed by atoms with van der Waals surface area (Å²) in [5, 5.41) is 20.4. The molecule has 0 aromatic heterocycles. The third kappa shape index (κ3) is 4.43. The van der Waals surface area contributed by atoms with Crippen molar-refractivity contribution >= 4 is 23.8 Å². The average Bonchev–Trinajstić information content (AvgIpc) is 2.28. The van der Waals surface area contributed by atoms with Crippen LogP contribution in [0.3, 0.4) is 0 Å². The molecular weight excluding hydrogens is 244 g/mol. The minimum absolute atomic E-state index is 0.0270. The number of nitrogens with zero attached hydrogens (tertiary/aromatic N) is 1. The van der Waals surface area contributed by atoms with Crippen LogP contribution in [-0.4, -0.2) is 63.9 Å². The largest absolute Gasteiger partial charge is 0.480 e. The van der Waals surface area contributed by atoms with Crippen LogP contribution in [0.2, 0.25) is 0 Å². The minimum Gasteiger partial charge on any atom is -0.480 e. The van der Waals surface area contributed by atoms with Gasteiger partial charge in [-0.15, -0.1) is 0 Å². The molecule has 98 valence electrons. The maximum Gasteiger partial charge on any atom is 0.326 e. The van der Waals surface area contributed by atoms with E-state index in [1.807, 2.05) is 6.92 Å². The first kappa shape index (κ1) is 14.1. The van der Waals surface area contributed by atoms with E-state index in [4.69, 9.17) is 10.2 Å². The first-order valence-corrected chi connectivity index (χ1v) is 6.60. The van der Waals surface area contributed by atoms with Gasteiger partial charge < -0.3 is 20.4 Å². The van der Waals surface area contributed by atoms with Gasteiger partial charge in [-0.3, -0.25) is 0 Å². The van der Waals surface area contributed by atoms with E-state index in [1.54, 1.807) is 16.7 Å². The Hall–Kier alpha value is -0.950. The van der Waals surface area contributed by atoms with Crippen LogP contribution in [0.1, 0.15) is 13.3 Å². The number of aliphatic carboxylic acids is 1. The average molecular weight is 262 g/mol. The van der Waals surface area contributed by atoms with Crippen molar-refractivity contribution in [3.05, 3.63) is 0 Å². The summed E-state index contributed by atoms with van der Waals surface area (Å²) in [7, 11) is 0. The Morgan fingerprint density at radius 2 is 2.29 bits per heavy atom. The number of carbonyl (C=O) groups is 2. The molecule has 1 rings (SSSR count). The van der Waals surface area contributed by atoms with E-state index < -0.39 is 12.0 Å². The molecule has 1 heterocycles. The highest BCUT2D eigenvalue weighted by Crippen LogP contribution is 2.17. The summed E-state index contributed by atoms with van der Waals surface area (Å²) in [6.45, 7) is 3.03. The third-order valence-corrected chi connectivity index (χ3v) is 3.68. The summed E-state index contributed by atoms with van der Waals surface area (Å²) in [5.74, 6) is -0.251. The van der Waals surface area contributed by atoms with Gasteiger partial charge in [0.2, 0.25) is 0 Å². The van der Waals surface area contributed by atoms with Crippen LogP contribution in [0, 0.1) is 0 Å². The summed E-state index contributed by atoms with van der Waals surface area (Å²) < 4.78 is 0. The summed E-state index contributed by atoms with van der Waals surface area (Å²) in [4.78, 5) is 24.2. The van der Waals surface area contributed by atoms with Crippen molar-refractivity contribution < 1.29 is 19.8 Å². The van der Waals surface area contributed by atoms with E-state index in [1.165, 1.54) is 0 Å². The highest BCUT2D eigenvalue weighted by molar-refractivity contribution is 7.99. The smallest absolute Gasteiger partial charge is 0.326 e. The molecule has 0 aliphatic carbocycles. The predicted molar refractivity (Wildman–Crippen MR) is 65.2 cm³/mol. The summed E-state index contributed by atoms with van der Waals surface area (Å²) in [5.41, 5.74) is 0. The molecule has 1 aliphatic heterocycles. The lowest BCUT2D eigenvalue weighted by Gasteiger charge is -2.31. The van der Waals surface area contributed by atoms with Gasteiger partial charge in [0.25, 0.3) is 0 Å². The highest BCUT2D eigenvalue weighted by atomic mass is 32.2. The molecule has 1 saturated heterocycles. The second kappa shape index (κ2) is 6.70. The fourth-order valence-electron chi connectivity index (χ4n) is 1.63. The molecule has 2 atom stereocenters. The van der Waals surface area contributed by atoms with Crippen LogP contribution >= 0.6 is 11.8 Å². The fraction of sp³-hybridized carbons (Fsp3) is 0.800. The Morgan fingerprint density at radius 3 is 2.82 bits per heavy atom. The van der Waals surface area contributed by atoms with Crippen LogP contribution in [0.4, 0.5) is 4.79 Å². The molecule has 0 saturated carbocycles. The molecular formula is C10H18N2O4S.